The van der Waals surface area contributed by atoms with E-state index in [9.17, 15) is 19.2 Å². The Labute approximate surface area is 402 Å². The first kappa shape index (κ1) is 49.6. The molecule has 0 aliphatic carbocycles. The Kier molecular flexibility index (Phi) is 14.5. The van der Waals surface area contributed by atoms with Gasteiger partial charge in [0.1, 0.15) is 17.7 Å². The molecule has 2 N–H and O–H groups in total. The number of hydrazine groups is 1. The SMILES string of the molecule is CCn1c(-c2cccnc2[C@H](C)OC)c2c3cc(ccc31)N1CCO[C@@H](C[C@H](NC(=O)[C@H](C(C)C)N3CC[C@]4(CCN(C(=O)OC(C)(C)C)C4)C3)C(=O)N3CCC[C@H](N3)C(=O)OCC(C)(C)C2)C1. The van der Waals surface area contributed by atoms with Gasteiger partial charge in [-0.3, -0.25) is 29.3 Å². The van der Waals surface area contributed by atoms with Crippen LogP contribution in [0.2, 0.25) is 0 Å². The molecule has 3 amide bonds. The summed E-state index contributed by atoms with van der Waals surface area (Å²) in [6.45, 7) is 23.7. The lowest BCUT2D eigenvalue weighted by Crippen LogP contribution is -2.62. The molecule has 3 aromatic rings. The maximum absolute atomic E-state index is 14.8. The summed E-state index contributed by atoms with van der Waals surface area (Å²) in [4.78, 5) is 67.9. The van der Waals surface area contributed by atoms with Gasteiger partial charge in [-0.15, -0.1) is 0 Å². The van der Waals surface area contributed by atoms with Crippen molar-refractivity contribution in [3.05, 3.63) is 47.8 Å². The number of nitrogens with one attached hydrogen (secondary N) is 2. The Morgan fingerprint density at radius 2 is 1.82 bits per heavy atom. The third-order valence-corrected chi connectivity index (χ3v) is 14.8. The number of ether oxygens (including phenoxy) is 4. The van der Waals surface area contributed by atoms with Crippen LogP contribution in [0.1, 0.15) is 112 Å². The monoisotopic (exact) mass is 941 g/mol. The number of aromatic nitrogens is 2. The molecule has 6 bridgehead atoms. The van der Waals surface area contributed by atoms with Gasteiger partial charge in [0, 0.05) is 98.5 Å². The summed E-state index contributed by atoms with van der Waals surface area (Å²) in [6.07, 6.45) is 4.56. The van der Waals surface area contributed by atoms with Crippen molar-refractivity contribution in [1.82, 2.24) is 35.1 Å². The predicted octanol–water partition coefficient (Wildman–Crippen LogP) is 6.49. The number of nitrogens with zero attached hydrogens (tertiary/aromatic N) is 6. The van der Waals surface area contributed by atoms with Gasteiger partial charge in [0.15, 0.2) is 0 Å². The van der Waals surface area contributed by atoms with Gasteiger partial charge in [-0.1, -0.05) is 27.7 Å². The Hall–Kier alpha value is -4.77. The molecule has 8 rings (SSSR count). The van der Waals surface area contributed by atoms with E-state index >= 15 is 0 Å². The number of esters is 1. The van der Waals surface area contributed by atoms with Gasteiger partial charge >= 0.3 is 12.1 Å². The molecule has 0 unspecified atom stereocenters. The Bertz CT molecular complexity index is 2340. The molecule has 5 aliphatic heterocycles. The first-order chi connectivity index (χ1) is 32.3. The molecule has 0 saturated carbocycles. The summed E-state index contributed by atoms with van der Waals surface area (Å²) in [5.41, 5.74) is 8.28. The zero-order chi connectivity index (χ0) is 48.7. The van der Waals surface area contributed by atoms with Crippen molar-refractivity contribution in [2.45, 2.75) is 143 Å². The van der Waals surface area contributed by atoms with E-state index in [1.54, 1.807) is 12.0 Å². The first-order valence-corrected chi connectivity index (χ1v) is 25.1. The number of amides is 3. The number of carbonyl (C=O) groups excluding carboxylic acids is 4. The Balaban J connectivity index is 1.11. The highest BCUT2D eigenvalue weighted by Crippen LogP contribution is 2.43. The fourth-order valence-corrected chi connectivity index (χ4v) is 11.4. The van der Waals surface area contributed by atoms with E-state index in [1.165, 1.54) is 5.01 Å². The number of rotatable bonds is 8. The highest BCUT2D eigenvalue weighted by molar-refractivity contribution is 5.95. The third-order valence-electron chi connectivity index (χ3n) is 14.8. The zero-order valence-corrected chi connectivity index (χ0v) is 42.2. The highest BCUT2D eigenvalue weighted by Gasteiger charge is 2.49. The molecule has 6 atom stereocenters. The fourth-order valence-electron chi connectivity index (χ4n) is 11.4. The number of hydrogen-bond acceptors (Lipinski definition) is 12. The molecule has 16 heteroatoms. The molecule has 2 aromatic heterocycles. The van der Waals surface area contributed by atoms with Crippen LogP contribution in [-0.2, 0) is 46.3 Å². The Morgan fingerprint density at radius 3 is 2.56 bits per heavy atom. The van der Waals surface area contributed by atoms with Crippen molar-refractivity contribution in [2.24, 2.45) is 16.7 Å². The zero-order valence-electron chi connectivity index (χ0n) is 42.2. The van der Waals surface area contributed by atoms with E-state index in [-0.39, 0.29) is 54.5 Å². The van der Waals surface area contributed by atoms with Crippen molar-refractivity contribution in [1.29, 1.82) is 0 Å². The molecular formula is C52H76N8O8. The normalized spacial score (nSPS) is 26.0. The first-order valence-electron chi connectivity index (χ1n) is 25.1. The Morgan fingerprint density at radius 1 is 1.04 bits per heavy atom. The van der Waals surface area contributed by atoms with Crippen LogP contribution < -0.4 is 15.6 Å². The number of morpholine rings is 1. The van der Waals surface area contributed by atoms with Gasteiger partial charge in [-0.05, 0) is 115 Å². The fraction of sp³-hybridized carbons (Fsp3) is 0.673. The maximum atomic E-state index is 14.8. The van der Waals surface area contributed by atoms with Crippen molar-refractivity contribution < 1.29 is 38.1 Å². The topological polar surface area (TPSA) is 160 Å². The molecule has 372 valence electrons. The lowest BCUT2D eigenvalue weighted by Gasteiger charge is -2.39. The summed E-state index contributed by atoms with van der Waals surface area (Å²) in [6, 6.07) is 8.59. The number of anilines is 1. The van der Waals surface area contributed by atoms with E-state index in [0.29, 0.717) is 71.7 Å². The second-order valence-corrected chi connectivity index (χ2v) is 22.1. The van der Waals surface area contributed by atoms with Crippen molar-refractivity contribution in [3.63, 3.8) is 0 Å². The third kappa shape index (κ3) is 10.5. The highest BCUT2D eigenvalue weighted by atomic mass is 16.6. The molecule has 0 radical (unpaired) electrons. The van der Waals surface area contributed by atoms with Crippen molar-refractivity contribution in [2.75, 3.05) is 71.0 Å². The molecule has 16 nitrogen and oxygen atoms in total. The molecule has 4 saturated heterocycles. The number of carbonyl (C=O) groups is 4. The van der Waals surface area contributed by atoms with Crippen LogP contribution >= 0.6 is 0 Å². The summed E-state index contributed by atoms with van der Waals surface area (Å²) in [5.74, 6) is -0.991. The van der Waals surface area contributed by atoms with Crippen LogP contribution in [0, 0.1) is 16.7 Å². The number of cyclic esters (lactones) is 1. The average Bonchev–Trinajstić information content (AvgIpc) is 4.01. The summed E-state index contributed by atoms with van der Waals surface area (Å²) in [5, 5.41) is 5.88. The number of likely N-dealkylation sites (tertiary alicyclic amines) is 2. The molecule has 7 heterocycles. The largest absolute Gasteiger partial charge is 0.464 e. The lowest BCUT2D eigenvalue weighted by atomic mass is 9.84. The van der Waals surface area contributed by atoms with Gasteiger partial charge in [0.05, 0.1) is 42.9 Å². The molecule has 4 fully saturated rings. The standard InChI is InChI=1S/C52H76N8O8/c1-11-59-42-17-16-35-26-38(42)39(45(59)37-14-12-20-53-43(37)34(4)65-10)28-51(8,9)32-67-48(63)40-15-13-21-60(55-40)47(62)41(27-36-29-56(35)24-25-66-36)54-46(61)44(33(2)3)57-22-18-52(30-57)19-23-58(31-52)49(64)68-50(5,6)7/h12,14,16-17,20,26,33-34,36,40-41,44,55H,11,13,15,18-19,21-25,27-32H2,1-10H3,(H,54,61)/t34-,36-,40-,41-,44-,52-/m0/s1. The smallest absolute Gasteiger partial charge is 0.410 e. The number of pyridine rings is 1. The molecule has 5 aliphatic rings. The van der Waals surface area contributed by atoms with E-state index in [0.717, 1.165) is 58.5 Å². The van der Waals surface area contributed by atoms with E-state index < -0.39 is 35.1 Å². The van der Waals surface area contributed by atoms with E-state index in [1.807, 2.05) is 53.8 Å². The predicted molar refractivity (Wildman–Crippen MR) is 261 cm³/mol. The van der Waals surface area contributed by atoms with Crippen LogP contribution in [-0.4, -0.2) is 144 Å². The summed E-state index contributed by atoms with van der Waals surface area (Å²) in [7, 11) is 1.70. The maximum Gasteiger partial charge on any atom is 0.410 e. The minimum Gasteiger partial charge on any atom is -0.464 e. The second kappa shape index (κ2) is 19.9. The lowest BCUT2D eigenvalue weighted by molar-refractivity contribution is -0.156. The minimum atomic E-state index is -0.933. The van der Waals surface area contributed by atoms with Gasteiger partial charge < -0.3 is 38.6 Å². The molecular weight excluding hydrogens is 865 g/mol. The van der Waals surface area contributed by atoms with Crippen LogP contribution in [0.15, 0.2) is 36.5 Å². The van der Waals surface area contributed by atoms with Gasteiger partial charge in [0.2, 0.25) is 5.91 Å². The molecule has 1 aromatic carbocycles. The number of hydrogen-bond donors (Lipinski definition) is 2. The average molecular weight is 941 g/mol. The van der Waals surface area contributed by atoms with E-state index in [4.69, 9.17) is 23.9 Å². The van der Waals surface area contributed by atoms with Gasteiger partial charge in [-0.25, -0.2) is 10.2 Å². The number of fused-ring (bicyclic) bond motifs is 6. The number of methoxy groups -OCH3 is 1. The molecule has 1 spiro atoms. The van der Waals surface area contributed by atoms with Gasteiger partial charge in [-0.2, -0.15) is 0 Å². The van der Waals surface area contributed by atoms with Crippen LogP contribution in [0.3, 0.4) is 0 Å². The van der Waals surface area contributed by atoms with Crippen LogP contribution in [0.5, 0.6) is 0 Å². The number of aryl methyl sites for hydroxylation is 1. The molecule has 68 heavy (non-hydrogen) atoms. The summed E-state index contributed by atoms with van der Waals surface area (Å²) >= 11 is 0. The van der Waals surface area contributed by atoms with Crippen LogP contribution in [0.25, 0.3) is 22.2 Å². The van der Waals surface area contributed by atoms with Crippen molar-refractivity contribution >= 4 is 40.5 Å². The van der Waals surface area contributed by atoms with Gasteiger partial charge in [0.25, 0.3) is 5.91 Å². The van der Waals surface area contributed by atoms with Crippen molar-refractivity contribution in [3.8, 4) is 11.3 Å². The number of benzene rings is 1. The minimum absolute atomic E-state index is 0.0585. The van der Waals surface area contributed by atoms with Crippen LogP contribution in [0.4, 0.5) is 10.5 Å². The summed E-state index contributed by atoms with van der Waals surface area (Å²) < 4.78 is 26.6. The van der Waals surface area contributed by atoms with E-state index in [2.05, 4.69) is 70.1 Å². The quantitative estimate of drug-likeness (QED) is 0.237. The second-order valence-electron chi connectivity index (χ2n) is 22.1.